The normalized spacial score (nSPS) is 34.4. The van der Waals surface area contributed by atoms with Crippen LogP contribution in [0.1, 0.15) is 39.0 Å². The molecule has 2 atom stereocenters. The maximum atomic E-state index is 12.7. The van der Waals surface area contributed by atoms with E-state index in [4.69, 9.17) is 9.47 Å². The molecule has 0 aromatic heterocycles. The van der Waals surface area contributed by atoms with Gasteiger partial charge in [0.25, 0.3) is 0 Å². The molecule has 1 amide bonds. The van der Waals surface area contributed by atoms with Gasteiger partial charge in [0, 0.05) is 0 Å². The lowest BCUT2D eigenvalue weighted by Gasteiger charge is -2.30. The first-order chi connectivity index (χ1) is 9.25. The molecule has 3 aliphatic rings. The Bertz CT molecular complexity index is 336. The van der Waals surface area contributed by atoms with E-state index in [1.165, 1.54) is 0 Å². The van der Waals surface area contributed by atoms with Gasteiger partial charge in [-0.05, 0) is 19.3 Å². The van der Waals surface area contributed by atoms with Crippen molar-refractivity contribution in [2.75, 3.05) is 26.4 Å². The summed E-state index contributed by atoms with van der Waals surface area (Å²) in [6, 6.07) is 0. The third-order valence-corrected chi connectivity index (χ3v) is 4.62. The smallest absolute Gasteiger partial charge is 0.244 e. The Kier molecular flexibility index (Phi) is 3.78. The molecule has 108 valence electrons. The predicted octanol–water partition coefficient (Wildman–Crippen LogP) is 0.882. The molecule has 2 unspecified atom stereocenters. The van der Waals surface area contributed by atoms with E-state index in [0.717, 1.165) is 32.1 Å². The van der Waals surface area contributed by atoms with E-state index in [0.29, 0.717) is 26.4 Å². The highest BCUT2D eigenvalue weighted by Gasteiger charge is 2.52. The first kappa shape index (κ1) is 13.3. The Balaban J connectivity index is 1.69. The summed E-state index contributed by atoms with van der Waals surface area (Å²) in [6.07, 6.45) is 5.43. The first-order valence-corrected chi connectivity index (χ1v) is 7.53. The number of rotatable bonds is 3. The molecular weight excluding hydrogens is 244 g/mol. The molecule has 0 radical (unpaired) electrons. The fraction of sp³-hybridized carbons (Fsp3) is 0.929. The van der Waals surface area contributed by atoms with Crippen LogP contribution < -0.4 is 5.32 Å². The Labute approximate surface area is 114 Å². The zero-order chi connectivity index (χ0) is 13.3. The van der Waals surface area contributed by atoms with E-state index in [9.17, 15) is 4.79 Å². The maximum absolute atomic E-state index is 12.7. The van der Waals surface area contributed by atoms with Crippen molar-refractivity contribution in [1.29, 1.82) is 0 Å². The Morgan fingerprint density at radius 3 is 2.79 bits per heavy atom. The monoisotopic (exact) mass is 268 g/mol. The van der Waals surface area contributed by atoms with Crippen molar-refractivity contribution in [1.82, 2.24) is 10.2 Å². The zero-order valence-electron chi connectivity index (χ0n) is 11.7. The average Bonchev–Trinajstić information content (AvgIpc) is 3.01. The van der Waals surface area contributed by atoms with Crippen LogP contribution >= 0.6 is 0 Å². The van der Waals surface area contributed by atoms with E-state index in [-0.39, 0.29) is 23.7 Å². The van der Waals surface area contributed by atoms with Crippen molar-refractivity contribution in [2.24, 2.45) is 0 Å². The highest BCUT2D eigenvalue weighted by Crippen LogP contribution is 2.37. The van der Waals surface area contributed by atoms with Gasteiger partial charge in [0.05, 0.1) is 44.2 Å². The Morgan fingerprint density at radius 1 is 1.37 bits per heavy atom. The molecule has 5 heteroatoms. The van der Waals surface area contributed by atoms with Gasteiger partial charge >= 0.3 is 0 Å². The van der Waals surface area contributed by atoms with Gasteiger partial charge in [-0.15, -0.1) is 0 Å². The van der Waals surface area contributed by atoms with Crippen molar-refractivity contribution in [3.05, 3.63) is 0 Å². The van der Waals surface area contributed by atoms with Gasteiger partial charge in [0.1, 0.15) is 0 Å². The number of ether oxygens (including phenoxy) is 2. The van der Waals surface area contributed by atoms with Gasteiger partial charge in [0.15, 0.2) is 0 Å². The van der Waals surface area contributed by atoms with Crippen molar-refractivity contribution >= 4 is 5.91 Å². The fourth-order valence-electron chi connectivity index (χ4n) is 3.61. The standard InChI is InChI=1S/C14H24N2O3/c1-2-12-15-14(5-3-4-6-14)13(17)16(12)9-11-10-18-7-8-19-11/h11-12,15H,2-10H2,1H3. The number of nitrogens with one attached hydrogen (secondary N) is 1. The molecule has 2 saturated heterocycles. The van der Waals surface area contributed by atoms with E-state index in [1.807, 2.05) is 4.90 Å². The maximum Gasteiger partial charge on any atom is 0.244 e. The van der Waals surface area contributed by atoms with Gasteiger partial charge in [-0.3, -0.25) is 10.1 Å². The van der Waals surface area contributed by atoms with Crippen LogP contribution in [0.4, 0.5) is 0 Å². The van der Waals surface area contributed by atoms with Crippen molar-refractivity contribution < 1.29 is 14.3 Å². The predicted molar refractivity (Wildman–Crippen MR) is 70.7 cm³/mol. The summed E-state index contributed by atoms with van der Waals surface area (Å²) in [5, 5.41) is 3.59. The molecule has 5 nitrogen and oxygen atoms in total. The zero-order valence-corrected chi connectivity index (χ0v) is 11.7. The number of carbonyl (C=O) groups is 1. The second-order valence-corrected chi connectivity index (χ2v) is 5.88. The minimum atomic E-state index is -0.268. The van der Waals surface area contributed by atoms with Gasteiger partial charge in [-0.1, -0.05) is 19.8 Å². The highest BCUT2D eigenvalue weighted by molar-refractivity contribution is 5.89. The topological polar surface area (TPSA) is 50.8 Å². The lowest BCUT2D eigenvalue weighted by atomic mass is 9.98. The molecule has 1 spiro atoms. The van der Waals surface area contributed by atoms with Gasteiger partial charge in [0.2, 0.25) is 5.91 Å². The SMILES string of the molecule is CCC1NC2(CCCC2)C(=O)N1CC1COCCO1. The summed E-state index contributed by atoms with van der Waals surface area (Å²) in [5.74, 6) is 0.283. The second kappa shape index (κ2) is 5.38. The molecule has 2 heterocycles. The molecule has 1 aliphatic carbocycles. The quantitative estimate of drug-likeness (QED) is 0.825. The van der Waals surface area contributed by atoms with E-state index >= 15 is 0 Å². The largest absolute Gasteiger partial charge is 0.376 e. The minimum Gasteiger partial charge on any atom is -0.376 e. The Morgan fingerprint density at radius 2 is 2.16 bits per heavy atom. The van der Waals surface area contributed by atoms with Gasteiger partial charge in [-0.2, -0.15) is 0 Å². The Hall–Kier alpha value is -0.650. The van der Waals surface area contributed by atoms with E-state index in [2.05, 4.69) is 12.2 Å². The van der Waals surface area contributed by atoms with E-state index in [1.54, 1.807) is 0 Å². The number of hydrogen-bond acceptors (Lipinski definition) is 4. The highest BCUT2D eigenvalue weighted by atomic mass is 16.6. The van der Waals surface area contributed by atoms with Crippen molar-refractivity contribution in [3.8, 4) is 0 Å². The number of amides is 1. The van der Waals surface area contributed by atoms with Crippen molar-refractivity contribution in [3.63, 3.8) is 0 Å². The summed E-state index contributed by atoms with van der Waals surface area (Å²) in [6.45, 7) is 4.70. The lowest BCUT2D eigenvalue weighted by molar-refractivity contribution is -0.139. The van der Waals surface area contributed by atoms with Crippen LogP contribution in [0.5, 0.6) is 0 Å². The van der Waals surface area contributed by atoms with Crippen LogP contribution in [0, 0.1) is 0 Å². The second-order valence-electron chi connectivity index (χ2n) is 5.88. The third-order valence-electron chi connectivity index (χ3n) is 4.62. The minimum absolute atomic E-state index is 0.0325. The van der Waals surface area contributed by atoms with Crippen LogP contribution in [0.2, 0.25) is 0 Å². The molecular formula is C14H24N2O3. The summed E-state index contributed by atoms with van der Waals surface area (Å²) < 4.78 is 11.1. The molecule has 3 rings (SSSR count). The molecule has 19 heavy (non-hydrogen) atoms. The molecule has 1 N–H and O–H groups in total. The number of nitrogens with zero attached hydrogens (tertiary/aromatic N) is 1. The molecule has 3 fully saturated rings. The molecule has 0 aromatic rings. The molecule has 0 bridgehead atoms. The van der Waals surface area contributed by atoms with Crippen LogP contribution in [-0.4, -0.2) is 55.0 Å². The molecule has 1 saturated carbocycles. The fourth-order valence-corrected chi connectivity index (χ4v) is 3.61. The summed E-state index contributed by atoms with van der Waals surface area (Å²) in [5.41, 5.74) is -0.268. The van der Waals surface area contributed by atoms with E-state index < -0.39 is 0 Å². The first-order valence-electron chi connectivity index (χ1n) is 7.53. The van der Waals surface area contributed by atoms with Gasteiger partial charge in [-0.25, -0.2) is 0 Å². The average molecular weight is 268 g/mol. The third kappa shape index (κ3) is 2.39. The van der Waals surface area contributed by atoms with Crippen LogP contribution in [0.15, 0.2) is 0 Å². The van der Waals surface area contributed by atoms with Crippen LogP contribution in [-0.2, 0) is 14.3 Å². The summed E-state index contributed by atoms with van der Waals surface area (Å²) in [4.78, 5) is 14.7. The van der Waals surface area contributed by atoms with Crippen LogP contribution in [0.25, 0.3) is 0 Å². The van der Waals surface area contributed by atoms with Crippen molar-refractivity contribution in [2.45, 2.75) is 56.8 Å². The number of hydrogen-bond donors (Lipinski definition) is 1. The lowest BCUT2D eigenvalue weighted by Crippen LogP contribution is -2.46. The van der Waals surface area contributed by atoms with Gasteiger partial charge < -0.3 is 14.4 Å². The summed E-state index contributed by atoms with van der Waals surface area (Å²) in [7, 11) is 0. The number of carbonyl (C=O) groups excluding carboxylic acids is 1. The molecule has 2 aliphatic heterocycles. The summed E-state index contributed by atoms with van der Waals surface area (Å²) >= 11 is 0. The van der Waals surface area contributed by atoms with Crippen LogP contribution in [0.3, 0.4) is 0 Å². The molecule has 0 aromatic carbocycles.